The van der Waals surface area contributed by atoms with Crippen LogP contribution >= 0.6 is 11.8 Å². The Morgan fingerprint density at radius 3 is 2.33 bits per heavy atom. The fourth-order valence-corrected chi connectivity index (χ4v) is 1.51. The molecular weight excluding hydrogens is 180 g/mol. The van der Waals surface area contributed by atoms with E-state index in [0.717, 1.165) is 5.75 Å². The van der Waals surface area contributed by atoms with Crippen molar-refractivity contribution in [1.29, 1.82) is 0 Å². The van der Waals surface area contributed by atoms with Crippen LogP contribution in [-0.4, -0.2) is 31.0 Å². The predicted octanol–water partition coefficient (Wildman–Crippen LogP) is 2.23. The lowest BCUT2D eigenvalue weighted by atomic mass is 10.2. The van der Waals surface area contributed by atoms with Gasteiger partial charge in [0.2, 0.25) is 0 Å². The van der Waals surface area contributed by atoms with Crippen LogP contribution in [0.5, 0.6) is 0 Å². The van der Waals surface area contributed by atoms with E-state index in [-0.39, 0.29) is 0 Å². The van der Waals surface area contributed by atoms with Crippen LogP contribution in [0.25, 0.3) is 0 Å². The molecule has 0 rings (SSSR count). The number of hydrogen-bond donors (Lipinski definition) is 1. The molecule has 1 N–H and O–H groups in total. The number of alkyl halides is 2. The normalized spacial score (nSPS) is 16.5. The van der Waals surface area contributed by atoms with Gasteiger partial charge in [-0.1, -0.05) is 6.92 Å². The number of rotatable bonds is 6. The van der Waals surface area contributed by atoms with Gasteiger partial charge in [0.25, 0.3) is 6.43 Å². The standard InChI is InChI=1S/C8H17F2NS/c1-6(5-12-3)4-11-7(2)8(9)10/h6-8,11H,4-5H2,1-3H3. The van der Waals surface area contributed by atoms with E-state index in [1.165, 1.54) is 6.92 Å². The largest absolute Gasteiger partial charge is 0.309 e. The second-order valence-corrected chi connectivity index (χ2v) is 4.00. The molecule has 0 aromatic rings. The molecule has 0 fully saturated rings. The van der Waals surface area contributed by atoms with Gasteiger partial charge in [0.15, 0.2) is 0 Å². The van der Waals surface area contributed by atoms with Crippen molar-refractivity contribution in [2.45, 2.75) is 26.3 Å². The molecule has 0 bridgehead atoms. The Balaban J connectivity index is 3.40. The first-order valence-electron chi connectivity index (χ1n) is 4.08. The lowest BCUT2D eigenvalue weighted by Gasteiger charge is -2.16. The van der Waals surface area contributed by atoms with E-state index in [9.17, 15) is 8.78 Å². The van der Waals surface area contributed by atoms with Crippen molar-refractivity contribution in [3.05, 3.63) is 0 Å². The minimum Gasteiger partial charge on any atom is -0.309 e. The summed E-state index contributed by atoms with van der Waals surface area (Å²) in [6, 6.07) is -0.686. The molecule has 2 unspecified atom stereocenters. The zero-order valence-corrected chi connectivity index (χ0v) is 8.63. The lowest BCUT2D eigenvalue weighted by Crippen LogP contribution is -2.36. The van der Waals surface area contributed by atoms with Crippen LogP contribution in [0.3, 0.4) is 0 Å². The van der Waals surface area contributed by atoms with Crippen molar-refractivity contribution in [2.24, 2.45) is 5.92 Å². The van der Waals surface area contributed by atoms with Crippen LogP contribution < -0.4 is 5.32 Å². The SMILES string of the molecule is CSCC(C)CNC(C)C(F)F. The topological polar surface area (TPSA) is 12.0 Å². The zero-order valence-electron chi connectivity index (χ0n) is 7.81. The summed E-state index contributed by atoms with van der Waals surface area (Å²) in [6.45, 7) is 4.24. The van der Waals surface area contributed by atoms with Crippen molar-refractivity contribution in [3.63, 3.8) is 0 Å². The molecule has 0 saturated carbocycles. The predicted molar refractivity (Wildman–Crippen MR) is 51.0 cm³/mol. The highest BCUT2D eigenvalue weighted by molar-refractivity contribution is 7.98. The summed E-state index contributed by atoms with van der Waals surface area (Å²) in [5.41, 5.74) is 0. The number of nitrogens with one attached hydrogen (secondary N) is 1. The first kappa shape index (κ1) is 12.2. The molecule has 0 amide bonds. The third-order valence-corrected chi connectivity index (χ3v) is 2.52. The molecule has 2 atom stereocenters. The van der Waals surface area contributed by atoms with E-state index in [1.807, 2.05) is 6.26 Å². The van der Waals surface area contributed by atoms with Gasteiger partial charge in [-0.25, -0.2) is 8.78 Å². The summed E-state index contributed by atoms with van der Waals surface area (Å²) < 4.78 is 24.0. The Kier molecular flexibility index (Phi) is 6.76. The molecule has 74 valence electrons. The van der Waals surface area contributed by atoms with Gasteiger partial charge in [-0.3, -0.25) is 0 Å². The summed E-state index contributed by atoms with van der Waals surface area (Å²) in [5, 5.41) is 2.80. The van der Waals surface area contributed by atoms with E-state index in [1.54, 1.807) is 11.8 Å². The van der Waals surface area contributed by atoms with Gasteiger partial charge < -0.3 is 5.32 Å². The van der Waals surface area contributed by atoms with Crippen molar-refractivity contribution in [1.82, 2.24) is 5.32 Å². The third kappa shape index (κ3) is 5.77. The molecule has 0 spiro atoms. The number of hydrogen-bond acceptors (Lipinski definition) is 2. The summed E-state index contributed by atoms with van der Waals surface area (Å²) in [4.78, 5) is 0. The van der Waals surface area contributed by atoms with E-state index in [0.29, 0.717) is 12.5 Å². The molecule has 0 aliphatic rings. The minimum atomic E-state index is -2.26. The summed E-state index contributed by atoms with van der Waals surface area (Å²) in [6.07, 6.45) is -0.237. The maximum absolute atomic E-state index is 12.0. The van der Waals surface area contributed by atoms with Gasteiger partial charge in [-0.15, -0.1) is 0 Å². The highest BCUT2D eigenvalue weighted by Crippen LogP contribution is 2.05. The summed E-state index contributed by atoms with van der Waals surface area (Å²) >= 11 is 1.74. The maximum Gasteiger partial charge on any atom is 0.253 e. The molecule has 1 nitrogen and oxygen atoms in total. The van der Waals surface area contributed by atoms with Crippen molar-refractivity contribution < 1.29 is 8.78 Å². The quantitative estimate of drug-likeness (QED) is 0.700. The average Bonchev–Trinajstić information content (AvgIpc) is 2.00. The second-order valence-electron chi connectivity index (χ2n) is 3.09. The van der Waals surface area contributed by atoms with Gasteiger partial charge >= 0.3 is 0 Å². The number of thioether (sulfide) groups is 1. The molecule has 0 aliphatic carbocycles. The average molecular weight is 197 g/mol. The van der Waals surface area contributed by atoms with Crippen LogP contribution in [0.4, 0.5) is 8.78 Å². The van der Waals surface area contributed by atoms with E-state index in [4.69, 9.17) is 0 Å². The highest BCUT2D eigenvalue weighted by Gasteiger charge is 2.14. The van der Waals surface area contributed by atoms with Gasteiger partial charge in [0.05, 0.1) is 6.04 Å². The minimum absolute atomic E-state index is 0.459. The van der Waals surface area contributed by atoms with Crippen LogP contribution in [0, 0.1) is 5.92 Å². The number of halogens is 2. The van der Waals surface area contributed by atoms with Crippen molar-refractivity contribution in [2.75, 3.05) is 18.6 Å². The van der Waals surface area contributed by atoms with Gasteiger partial charge in [-0.05, 0) is 31.4 Å². The van der Waals surface area contributed by atoms with E-state index in [2.05, 4.69) is 12.2 Å². The Hall–Kier alpha value is 0.170. The third-order valence-electron chi connectivity index (χ3n) is 1.62. The molecule has 0 aromatic carbocycles. The first-order valence-corrected chi connectivity index (χ1v) is 5.47. The van der Waals surface area contributed by atoms with Crippen molar-refractivity contribution >= 4 is 11.8 Å². The molecule has 4 heteroatoms. The summed E-state index contributed by atoms with van der Waals surface area (Å²) in [5.74, 6) is 1.48. The Morgan fingerprint density at radius 2 is 1.92 bits per heavy atom. The monoisotopic (exact) mass is 197 g/mol. The highest BCUT2D eigenvalue weighted by atomic mass is 32.2. The fourth-order valence-electron chi connectivity index (χ4n) is 0.820. The molecule has 0 heterocycles. The molecule has 0 radical (unpaired) electrons. The molecule has 0 aromatic heterocycles. The maximum atomic E-state index is 12.0. The Morgan fingerprint density at radius 1 is 1.33 bits per heavy atom. The fraction of sp³-hybridized carbons (Fsp3) is 1.00. The van der Waals surface area contributed by atoms with Gasteiger partial charge in [0, 0.05) is 0 Å². The van der Waals surface area contributed by atoms with E-state index < -0.39 is 12.5 Å². The van der Waals surface area contributed by atoms with Gasteiger partial charge in [0.1, 0.15) is 0 Å². The van der Waals surface area contributed by atoms with Crippen LogP contribution in [-0.2, 0) is 0 Å². The van der Waals surface area contributed by atoms with Gasteiger partial charge in [-0.2, -0.15) is 11.8 Å². The van der Waals surface area contributed by atoms with Crippen molar-refractivity contribution in [3.8, 4) is 0 Å². The molecule has 0 saturated heterocycles. The van der Waals surface area contributed by atoms with E-state index >= 15 is 0 Å². The van der Waals surface area contributed by atoms with Crippen LogP contribution in [0.1, 0.15) is 13.8 Å². The summed E-state index contributed by atoms with van der Waals surface area (Å²) in [7, 11) is 0. The lowest BCUT2D eigenvalue weighted by molar-refractivity contribution is 0.105. The zero-order chi connectivity index (χ0) is 9.56. The molecule has 12 heavy (non-hydrogen) atoms. The van der Waals surface area contributed by atoms with Crippen LogP contribution in [0.15, 0.2) is 0 Å². The second kappa shape index (κ2) is 6.66. The first-order chi connectivity index (χ1) is 5.57. The molecular formula is C8H17F2NS. The van der Waals surface area contributed by atoms with Crippen LogP contribution in [0.2, 0.25) is 0 Å². The Bertz CT molecular complexity index is 111. The molecule has 0 aliphatic heterocycles. The Labute approximate surface area is 77.3 Å². The smallest absolute Gasteiger partial charge is 0.253 e.